The van der Waals surface area contributed by atoms with Crippen LogP contribution in [0.1, 0.15) is 48.0 Å². The molecule has 25 heavy (non-hydrogen) atoms. The fourth-order valence-electron chi connectivity index (χ4n) is 2.19. The number of sulfonamides is 1. The molecule has 0 unspecified atom stereocenters. The van der Waals surface area contributed by atoms with E-state index in [0.717, 1.165) is 17.8 Å². The maximum Gasteiger partial charge on any atom is 0.257 e. The number of rotatable bonds is 6. The number of hydrogen-bond donors (Lipinski definition) is 1. The number of anilines is 1. The molecular formula is C16H20N4O3S2. The van der Waals surface area contributed by atoms with E-state index in [1.54, 1.807) is 26.0 Å². The van der Waals surface area contributed by atoms with Crippen LogP contribution in [-0.2, 0) is 10.0 Å². The first-order valence-corrected chi connectivity index (χ1v) is 10.3. The van der Waals surface area contributed by atoms with Gasteiger partial charge in [0.1, 0.15) is 5.01 Å². The SMILES string of the molecule is CC(C)N(C)S(=O)(=O)c1cccc(C(=O)Nc2nnc(C3CC3)s2)c1. The summed E-state index contributed by atoms with van der Waals surface area (Å²) in [6.07, 6.45) is 2.23. The maximum absolute atomic E-state index is 12.6. The van der Waals surface area contributed by atoms with Crippen molar-refractivity contribution >= 4 is 32.4 Å². The van der Waals surface area contributed by atoms with Crippen LogP contribution in [-0.4, -0.2) is 41.9 Å². The first-order chi connectivity index (χ1) is 11.8. The highest BCUT2D eigenvalue weighted by atomic mass is 32.2. The minimum atomic E-state index is -3.64. The zero-order valence-corrected chi connectivity index (χ0v) is 15.9. The Morgan fingerprint density at radius 1 is 1.32 bits per heavy atom. The Labute approximate surface area is 151 Å². The number of nitrogens with zero attached hydrogens (tertiary/aromatic N) is 3. The molecule has 0 bridgehead atoms. The lowest BCUT2D eigenvalue weighted by molar-refractivity contribution is 0.102. The number of nitrogens with one attached hydrogen (secondary N) is 1. The van der Waals surface area contributed by atoms with Gasteiger partial charge in [-0.15, -0.1) is 10.2 Å². The van der Waals surface area contributed by atoms with Crippen molar-refractivity contribution in [2.45, 2.75) is 43.5 Å². The molecule has 1 aromatic heterocycles. The fourth-order valence-corrected chi connectivity index (χ4v) is 4.51. The molecule has 0 atom stereocenters. The highest BCUT2D eigenvalue weighted by Crippen LogP contribution is 2.42. The summed E-state index contributed by atoms with van der Waals surface area (Å²) in [5.41, 5.74) is 0.265. The normalized spacial score (nSPS) is 14.9. The first kappa shape index (κ1) is 18.0. The molecule has 0 saturated heterocycles. The molecule has 134 valence electrons. The number of amides is 1. The second kappa shape index (κ2) is 6.81. The summed E-state index contributed by atoms with van der Waals surface area (Å²) in [6.45, 7) is 3.59. The van der Waals surface area contributed by atoms with Crippen LogP contribution in [0.25, 0.3) is 0 Å². The van der Waals surface area contributed by atoms with Gasteiger partial charge < -0.3 is 0 Å². The van der Waals surface area contributed by atoms with Gasteiger partial charge in [-0.3, -0.25) is 10.1 Å². The molecule has 9 heteroatoms. The van der Waals surface area contributed by atoms with E-state index < -0.39 is 15.9 Å². The Balaban J connectivity index is 1.79. The van der Waals surface area contributed by atoms with Crippen molar-refractivity contribution in [2.24, 2.45) is 0 Å². The van der Waals surface area contributed by atoms with Crippen molar-refractivity contribution < 1.29 is 13.2 Å². The molecule has 1 aliphatic carbocycles. The molecule has 0 spiro atoms. The third-order valence-corrected chi connectivity index (χ3v) is 7.12. The molecular weight excluding hydrogens is 360 g/mol. The van der Waals surface area contributed by atoms with Gasteiger partial charge in [0.15, 0.2) is 0 Å². The lowest BCUT2D eigenvalue weighted by atomic mass is 10.2. The Morgan fingerprint density at radius 3 is 2.68 bits per heavy atom. The quantitative estimate of drug-likeness (QED) is 0.832. The van der Waals surface area contributed by atoms with E-state index in [9.17, 15) is 13.2 Å². The summed E-state index contributed by atoms with van der Waals surface area (Å²) in [4.78, 5) is 12.5. The number of carbonyl (C=O) groups excluding carboxylic acids is 1. The van der Waals surface area contributed by atoms with Crippen LogP contribution in [0.4, 0.5) is 5.13 Å². The molecule has 1 N–H and O–H groups in total. The number of carbonyl (C=O) groups is 1. The van der Waals surface area contributed by atoms with Gasteiger partial charge in [-0.1, -0.05) is 17.4 Å². The third kappa shape index (κ3) is 3.88. The minimum Gasteiger partial charge on any atom is -0.296 e. The monoisotopic (exact) mass is 380 g/mol. The van der Waals surface area contributed by atoms with Crippen LogP contribution < -0.4 is 5.32 Å². The predicted octanol–water partition coefficient (Wildman–Crippen LogP) is 2.70. The summed E-state index contributed by atoms with van der Waals surface area (Å²) in [6, 6.07) is 5.83. The standard InChI is InChI=1S/C16H20N4O3S2/c1-10(2)20(3)25(22,23)13-6-4-5-12(9-13)14(21)17-16-19-18-15(24-16)11-7-8-11/h4-6,9-11H,7-8H2,1-3H3,(H,17,19,21). The van der Waals surface area contributed by atoms with Crippen molar-refractivity contribution in [3.8, 4) is 0 Å². The van der Waals surface area contributed by atoms with E-state index in [-0.39, 0.29) is 16.5 Å². The fraction of sp³-hybridized carbons (Fsp3) is 0.438. The van der Waals surface area contributed by atoms with Crippen molar-refractivity contribution in [1.29, 1.82) is 0 Å². The van der Waals surface area contributed by atoms with E-state index in [1.165, 1.54) is 34.8 Å². The predicted molar refractivity (Wildman–Crippen MR) is 96.4 cm³/mol. The van der Waals surface area contributed by atoms with Gasteiger partial charge in [0.2, 0.25) is 15.2 Å². The second-order valence-corrected chi connectivity index (χ2v) is 9.32. The van der Waals surface area contributed by atoms with Crippen molar-refractivity contribution in [3.63, 3.8) is 0 Å². The topological polar surface area (TPSA) is 92.3 Å². The van der Waals surface area contributed by atoms with E-state index >= 15 is 0 Å². The summed E-state index contributed by atoms with van der Waals surface area (Å²) in [7, 11) is -2.12. The largest absolute Gasteiger partial charge is 0.296 e. The first-order valence-electron chi connectivity index (χ1n) is 8.02. The average Bonchev–Trinajstić information content (AvgIpc) is 3.34. The van der Waals surface area contributed by atoms with Gasteiger partial charge in [-0.2, -0.15) is 4.31 Å². The van der Waals surface area contributed by atoms with E-state index in [1.807, 2.05) is 0 Å². The number of benzene rings is 1. The molecule has 1 aromatic carbocycles. The van der Waals surface area contributed by atoms with Crippen LogP contribution in [0.15, 0.2) is 29.2 Å². The van der Waals surface area contributed by atoms with E-state index in [0.29, 0.717) is 11.0 Å². The summed E-state index contributed by atoms with van der Waals surface area (Å²) in [5.74, 6) is 0.0749. The zero-order chi connectivity index (χ0) is 18.2. The Bertz CT molecular complexity index is 888. The molecule has 3 rings (SSSR count). The van der Waals surface area contributed by atoms with E-state index in [4.69, 9.17) is 0 Å². The molecule has 1 fully saturated rings. The van der Waals surface area contributed by atoms with Gasteiger partial charge in [0.25, 0.3) is 5.91 Å². The van der Waals surface area contributed by atoms with Crippen molar-refractivity contribution in [3.05, 3.63) is 34.8 Å². The molecule has 2 aromatic rings. The molecule has 7 nitrogen and oxygen atoms in total. The molecule has 1 heterocycles. The molecule has 0 aliphatic heterocycles. The minimum absolute atomic E-state index is 0.0901. The Hall–Kier alpha value is -1.84. The van der Waals surface area contributed by atoms with Crippen LogP contribution in [0.5, 0.6) is 0 Å². The van der Waals surface area contributed by atoms with Crippen molar-refractivity contribution in [2.75, 3.05) is 12.4 Å². The Kier molecular flexibility index (Phi) is 4.90. The number of aromatic nitrogens is 2. The number of hydrogen-bond acceptors (Lipinski definition) is 6. The van der Waals surface area contributed by atoms with Crippen LogP contribution >= 0.6 is 11.3 Å². The summed E-state index contributed by atoms with van der Waals surface area (Å²) >= 11 is 1.36. The maximum atomic E-state index is 12.6. The lowest BCUT2D eigenvalue weighted by Gasteiger charge is -2.21. The average molecular weight is 380 g/mol. The second-order valence-electron chi connectivity index (χ2n) is 6.32. The van der Waals surface area contributed by atoms with Crippen LogP contribution in [0.2, 0.25) is 0 Å². The van der Waals surface area contributed by atoms with Gasteiger partial charge in [-0.05, 0) is 44.9 Å². The molecule has 0 radical (unpaired) electrons. The third-order valence-electron chi connectivity index (χ3n) is 4.09. The zero-order valence-electron chi connectivity index (χ0n) is 14.3. The van der Waals surface area contributed by atoms with Crippen molar-refractivity contribution in [1.82, 2.24) is 14.5 Å². The van der Waals surface area contributed by atoms with Gasteiger partial charge >= 0.3 is 0 Å². The van der Waals surface area contributed by atoms with Crippen LogP contribution in [0.3, 0.4) is 0 Å². The van der Waals surface area contributed by atoms with Gasteiger partial charge in [0.05, 0.1) is 4.90 Å². The smallest absolute Gasteiger partial charge is 0.257 e. The highest BCUT2D eigenvalue weighted by molar-refractivity contribution is 7.89. The molecule has 1 amide bonds. The Morgan fingerprint density at radius 2 is 2.04 bits per heavy atom. The van der Waals surface area contributed by atoms with Gasteiger partial charge in [0, 0.05) is 24.6 Å². The molecule has 1 saturated carbocycles. The van der Waals surface area contributed by atoms with Gasteiger partial charge in [-0.25, -0.2) is 8.42 Å². The summed E-state index contributed by atoms with van der Waals surface area (Å²) < 4.78 is 26.4. The van der Waals surface area contributed by atoms with Crippen LogP contribution in [0, 0.1) is 0 Å². The summed E-state index contributed by atoms with van der Waals surface area (Å²) in [5, 5.41) is 12.1. The van der Waals surface area contributed by atoms with E-state index in [2.05, 4.69) is 15.5 Å². The lowest BCUT2D eigenvalue weighted by Crippen LogP contribution is -2.33. The highest BCUT2D eigenvalue weighted by Gasteiger charge is 2.28. The molecule has 1 aliphatic rings.